The molecule has 3 N–H and O–H groups in total. The summed E-state index contributed by atoms with van der Waals surface area (Å²) in [7, 11) is 0. The number of cyclic esters (lactones) is 1. The number of nitrogens with two attached hydrogens (primary N) is 1. The third-order valence-electron chi connectivity index (χ3n) is 6.49. The van der Waals surface area contributed by atoms with E-state index in [4.69, 9.17) is 20.3 Å². The van der Waals surface area contributed by atoms with E-state index in [0.717, 1.165) is 22.4 Å². The van der Waals surface area contributed by atoms with Gasteiger partial charge in [-0.2, -0.15) is 0 Å². The van der Waals surface area contributed by atoms with E-state index in [1.165, 1.54) is 0 Å². The van der Waals surface area contributed by atoms with Crippen LogP contribution in [0.25, 0.3) is 11.3 Å². The van der Waals surface area contributed by atoms with Crippen molar-refractivity contribution >= 4 is 17.7 Å². The van der Waals surface area contributed by atoms with Crippen LogP contribution in [0.5, 0.6) is 11.5 Å². The number of amides is 1. The van der Waals surface area contributed by atoms with Crippen molar-refractivity contribution in [2.24, 2.45) is 0 Å². The van der Waals surface area contributed by atoms with Gasteiger partial charge in [0, 0.05) is 11.1 Å². The molecule has 0 spiro atoms. The molecular weight excluding hydrogens is 482 g/mol. The first-order chi connectivity index (χ1) is 18.4. The van der Waals surface area contributed by atoms with Crippen LogP contribution in [0.3, 0.4) is 0 Å². The maximum absolute atomic E-state index is 13.0. The summed E-state index contributed by atoms with van der Waals surface area (Å²) in [5.41, 5.74) is 10.3. The van der Waals surface area contributed by atoms with Gasteiger partial charge < -0.3 is 20.3 Å². The summed E-state index contributed by atoms with van der Waals surface area (Å²) in [4.78, 5) is 30.2. The van der Waals surface area contributed by atoms with Crippen LogP contribution in [0.15, 0.2) is 91.1 Å². The van der Waals surface area contributed by atoms with Crippen molar-refractivity contribution in [2.75, 3.05) is 5.73 Å². The zero-order valence-corrected chi connectivity index (χ0v) is 20.8. The molecule has 1 fully saturated rings. The second kappa shape index (κ2) is 10.6. The lowest BCUT2D eigenvalue weighted by Crippen LogP contribution is -2.31. The Morgan fingerprint density at radius 2 is 1.87 bits per heavy atom. The van der Waals surface area contributed by atoms with Crippen LogP contribution in [0.2, 0.25) is 0 Å². The van der Waals surface area contributed by atoms with E-state index in [-0.39, 0.29) is 25.1 Å². The van der Waals surface area contributed by atoms with Crippen molar-refractivity contribution in [1.29, 1.82) is 0 Å². The molecule has 1 aliphatic heterocycles. The van der Waals surface area contributed by atoms with Crippen LogP contribution in [-0.4, -0.2) is 33.1 Å². The first-order valence-electron chi connectivity index (χ1n) is 12.2. The normalized spacial score (nSPS) is 16.8. The molecule has 3 aromatic carbocycles. The highest BCUT2D eigenvalue weighted by Crippen LogP contribution is 2.36. The highest BCUT2D eigenvalue weighted by molar-refractivity contribution is 5.72. The van der Waals surface area contributed by atoms with E-state index in [1.54, 1.807) is 41.4 Å². The minimum atomic E-state index is -0.919. The van der Waals surface area contributed by atoms with Crippen LogP contribution in [-0.2, 0) is 22.5 Å². The molecule has 2 heterocycles. The van der Waals surface area contributed by atoms with E-state index in [0.29, 0.717) is 22.7 Å². The Hall–Kier alpha value is -4.85. The summed E-state index contributed by atoms with van der Waals surface area (Å²) in [6.07, 6.45) is 0.696. The number of carbonyl (C=O) groups is 2. The maximum Gasteiger partial charge on any atom is 0.411 e. The number of rotatable bonds is 8. The van der Waals surface area contributed by atoms with Gasteiger partial charge in [0.2, 0.25) is 0 Å². The third kappa shape index (κ3) is 5.44. The number of aromatic nitrogens is 1. The molecule has 0 radical (unpaired) electrons. The van der Waals surface area contributed by atoms with Gasteiger partial charge in [0.25, 0.3) is 0 Å². The van der Waals surface area contributed by atoms with E-state index < -0.39 is 12.1 Å². The molecule has 192 valence electrons. The van der Waals surface area contributed by atoms with Gasteiger partial charge in [-0.15, -0.1) is 0 Å². The number of carboxylic acids is 1. The lowest BCUT2D eigenvalue weighted by Gasteiger charge is -2.23. The number of nitrogens with zero attached hydrogens (tertiary/aromatic N) is 2. The molecule has 8 nitrogen and oxygen atoms in total. The molecule has 5 rings (SSSR count). The molecule has 8 heteroatoms. The van der Waals surface area contributed by atoms with E-state index >= 15 is 0 Å². The summed E-state index contributed by atoms with van der Waals surface area (Å²) in [6.45, 7) is 2.21. The van der Waals surface area contributed by atoms with Gasteiger partial charge in [-0.1, -0.05) is 42.5 Å². The molecule has 0 aliphatic carbocycles. The smallest absolute Gasteiger partial charge is 0.411 e. The number of aliphatic carboxylic acids is 1. The lowest BCUT2D eigenvalue weighted by molar-refractivity contribution is -0.136. The van der Waals surface area contributed by atoms with Crippen molar-refractivity contribution in [2.45, 2.75) is 32.0 Å². The number of anilines is 1. The Morgan fingerprint density at radius 3 is 2.61 bits per heavy atom. The van der Waals surface area contributed by atoms with Crippen molar-refractivity contribution in [3.8, 4) is 22.8 Å². The number of hydrogen-bond acceptors (Lipinski definition) is 6. The summed E-state index contributed by atoms with van der Waals surface area (Å²) in [5, 5.41) is 9.16. The van der Waals surface area contributed by atoms with Gasteiger partial charge in [0.05, 0.1) is 36.6 Å². The summed E-state index contributed by atoms with van der Waals surface area (Å²) in [5.74, 6) is 0.125. The van der Waals surface area contributed by atoms with Gasteiger partial charge >= 0.3 is 12.1 Å². The SMILES string of the molecule is C[C@H]1[C@@H](c2ccccc2)OC(=O)N1Cc1cc(-c2ccc(N)cn2)ccc1Oc1cccc(CC(=O)O)c1. The van der Waals surface area contributed by atoms with Crippen LogP contribution in [0, 0.1) is 0 Å². The minimum absolute atomic E-state index is 0.107. The van der Waals surface area contributed by atoms with Gasteiger partial charge in [0.15, 0.2) is 0 Å². The number of carboxylic acid groups (broad SMARTS) is 1. The van der Waals surface area contributed by atoms with Crippen molar-refractivity contribution in [3.63, 3.8) is 0 Å². The molecule has 2 atom stereocenters. The van der Waals surface area contributed by atoms with Crippen molar-refractivity contribution in [1.82, 2.24) is 9.88 Å². The monoisotopic (exact) mass is 509 g/mol. The highest BCUT2D eigenvalue weighted by Gasteiger charge is 2.39. The van der Waals surface area contributed by atoms with E-state index in [1.807, 2.05) is 61.5 Å². The summed E-state index contributed by atoms with van der Waals surface area (Å²) in [6, 6.07) is 25.7. The standard InChI is InChI=1S/C30H27N3O5/c1-19-29(21-7-3-2-4-8-21)38-30(36)33(19)18-23-16-22(26-12-11-24(31)17-32-26)10-13-27(23)37-25-9-5-6-20(14-25)15-28(34)35/h2-14,16-17,19,29H,15,18,31H2,1H3,(H,34,35)/t19-,29-/m0/s1. The molecule has 0 unspecified atom stereocenters. The number of pyridine rings is 1. The largest absolute Gasteiger partial charge is 0.481 e. The molecule has 1 amide bonds. The van der Waals surface area contributed by atoms with Crippen LogP contribution < -0.4 is 10.5 Å². The van der Waals surface area contributed by atoms with Gasteiger partial charge in [-0.05, 0) is 60.5 Å². The first-order valence-corrected chi connectivity index (χ1v) is 12.2. The first kappa shape index (κ1) is 24.8. The van der Waals surface area contributed by atoms with Crippen LogP contribution >= 0.6 is 0 Å². The molecular formula is C30H27N3O5. The Morgan fingerprint density at radius 1 is 1.05 bits per heavy atom. The molecule has 1 aromatic heterocycles. The Bertz CT molecular complexity index is 1460. The van der Waals surface area contributed by atoms with Gasteiger partial charge in [-0.3, -0.25) is 14.7 Å². The predicted molar refractivity (Wildman–Crippen MR) is 143 cm³/mol. The summed E-state index contributed by atoms with van der Waals surface area (Å²) < 4.78 is 12.0. The van der Waals surface area contributed by atoms with Gasteiger partial charge in [-0.25, -0.2) is 4.79 Å². The third-order valence-corrected chi connectivity index (χ3v) is 6.49. The van der Waals surface area contributed by atoms with E-state index in [2.05, 4.69) is 4.98 Å². The molecule has 38 heavy (non-hydrogen) atoms. The Kier molecular flexibility index (Phi) is 6.95. The average molecular weight is 510 g/mol. The Labute approximate surface area is 220 Å². The second-order valence-corrected chi connectivity index (χ2v) is 9.20. The van der Waals surface area contributed by atoms with Crippen molar-refractivity contribution < 1.29 is 24.2 Å². The van der Waals surface area contributed by atoms with Crippen LogP contribution in [0.4, 0.5) is 10.5 Å². The zero-order chi connectivity index (χ0) is 26.6. The molecule has 0 bridgehead atoms. The quantitative estimate of drug-likeness (QED) is 0.307. The maximum atomic E-state index is 13.0. The minimum Gasteiger partial charge on any atom is -0.481 e. The number of ether oxygens (including phenoxy) is 2. The fourth-order valence-corrected chi connectivity index (χ4v) is 4.54. The van der Waals surface area contributed by atoms with E-state index in [9.17, 15) is 9.59 Å². The topological polar surface area (TPSA) is 115 Å². The molecule has 1 aliphatic rings. The Balaban J connectivity index is 1.48. The fourth-order valence-electron chi connectivity index (χ4n) is 4.54. The molecule has 0 saturated carbocycles. The number of hydrogen-bond donors (Lipinski definition) is 2. The number of nitrogen functional groups attached to an aromatic ring is 1. The molecule has 4 aromatic rings. The number of benzene rings is 3. The highest BCUT2D eigenvalue weighted by atomic mass is 16.6. The second-order valence-electron chi connectivity index (χ2n) is 9.20. The van der Waals surface area contributed by atoms with Crippen LogP contribution in [0.1, 0.15) is 29.7 Å². The predicted octanol–water partition coefficient (Wildman–Crippen LogP) is 5.83. The molecule has 1 saturated heterocycles. The van der Waals surface area contributed by atoms with Gasteiger partial charge in [0.1, 0.15) is 17.6 Å². The zero-order valence-electron chi connectivity index (χ0n) is 20.8. The lowest BCUT2D eigenvalue weighted by atomic mass is 10.0. The fraction of sp³-hybridized carbons (Fsp3) is 0.167. The number of carbonyl (C=O) groups excluding carboxylic acids is 1. The summed E-state index contributed by atoms with van der Waals surface area (Å²) >= 11 is 0. The average Bonchev–Trinajstić information content (AvgIpc) is 3.19. The van der Waals surface area contributed by atoms with Crippen molar-refractivity contribution in [3.05, 3.63) is 108 Å².